The maximum absolute atomic E-state index is 14.0. The van der Waals surface area contributed by atoms with Crippen molar-refractivity contribution < 1.29 is 19.8 Å². The monoisotopic (exact) mass is 558 g/mol. The molecule has 0 saturated carbocycles. The molecule has 3 N–H and O–H groups in total. The molecule has 0 radical (unpaired) electrons. The number of aromatic amines is 1. The van der Waals surface area contributed by atoms with Gasteiger partial charge in [0.2, 0.25) is 0 Å². The molecule has 11 nitrogen and oxygen atoms in total. The molecule has 1 aliphatic rings. The van der Waals surface area contributed by atoms with E-state index in [9.17, 15) is 24.6 Å². The Morgan fingerprint density at radius 2 is 1.73 bits per heavy atom. The van der Waals surface area contributed by atoms with Crippen LogP contribution in [0.25, 0.3) is 22.5 Å². The van der Waals surface area contributed by atoms with Gasteiger partial charge in [-0.3, -0.25) is 19.1 Å². The van der Waals surface area contributed by atoms with Crippen LogP contribution in [0.1, 0.15) is 74.9 Å². The molecule has 2 aromatic carbocycles. The zero-order chi connectivity index (χ0) is 29.1. The van der Waals surface area contributed by atoms with Crippen molar-refractivity contribution >= 4 is 11.9 Å². The lowest BCUT2D eigenvalue weighted by Gasteiger charge is -2.33. The molecule has 11 heteroatoms. The first kappa shape index (κ1) is 28.0. The van der Waals surface area contributed by atoms with Gasteiger partial charge in [0.25, 0.3) is 5.56 Å². The lowest BCUT2D eigenvalue weighted by molar-refractivity contribution is -0.155. The molecule has 0 aliphatic carbocycles. The fourth-order valence-electron chi connectivity index (χ4n) is 5.93. The minimum Gasteiger partial charge on any atom is -0.481 e. The van der Waals surface area contributed by atoms with Crippen LogP contribution in [-0.4, -0.2) is 52.1 Å². The second kappa shape index (κ2) is 11.9. The van der Waals surface area contributed by atoms with Gasteiger partial charge in [-0.2, -0.15) is 0 Å². The molecule has 0 bridgehead atoms. The van der Waals surface area contributed by atoms with Gasteiger partial charge in [0.1, 0.15) is 0 Å². The molecular formula is C30H34N6O5. The molecule has 0 amide bonds. The highest BCUT2D eigenvalue weighted by Gasteiger charge is 2.36. The summed E-state index contributed by atoms with van der Waals surface area (Å²) in [6.07, 6.45) is 4.21. The number of carboxylic acid groups (broad SMARTS) is 2. The highest BCUT2D eigenvalue weighted by atomic mass is 16.4. The predicted molar refractivity (Wildman–Crippen MR) is 152 cm³/mol. The van der Waals surface area contributed by atoms with Crippen LogP contribution in [0.3, 0.4) is 0 Å². The van der Waals surface area contributed by atoms with Crippen LogP contribution in [0.4, 0.5) is 0 Å². The Morgan fingerprint density at radius 1 is 1.02 bits per heavy atom. The van der Waals surface area contributed by atoms with E-state index in [1.54, 1.807) is 4.68 Å². The summed E-state index contributed by atoms with van der Waals surface area (Å²) in [5, 5.41) is 33.3. The van der Waals surface area contributed by atoms with Crippen molar-refractivity contribution in [2.75, 3.05) is 0 Å². The summed E-state index contributed by atoms with van der Waals surface area (Å²) in [6.45, 7) is 4.17. The molecule has 0 fully saturated rings. The minimum atomic E-state index is -1.56. The van der Waals surface area contributed by atoms with E-state index in [4.69, 9.17) is 0 Å². The van der Waals surface area contributed by atoms with Gasteiger partial charge in [-0.25, -0.2) is 9.78 Å². The smallest absolute Gasteiger partial charge is 0.317 e. The summed E-state index contributed by atoms with van der Waals surface area (Å²) < 4.78 is 3.68. The maximum Gasteiger partial charge on any atom is 0.317 e. The first-order chi connectivity index (χ1) is 19.8. The highest BCUT2D eigenvalue weighted by molar-refractivity contribution is 5.92. The van der Waals surface area contributed by atoms with Crippen molar-refractivity contribution in [3.8, 4) is 22.5 Å². The number of fused-ring (bicyclic) bond motifs is 1. The van der Waals surface area contributed by atoms with Gasteiger partial charge in [-0.05, 0) is 66.1 Å². The molecule has 4 aromatic rings. The highest BCUT2D eigenvalue weighted by Crippen LogP contribution is 2.35. The lowest BCUT2D eigenvalue weighted by Crippen LogP contribution is -2.37. The Labute approximate surface area is 236 Å². The predicted octanol–water partition coefficient (Wildman–Crippen LogP) is 4.50. The molecule has 0 spiro atoms. The van der Waals surface area contributed by atoms with E-state index < -0.39 is 23.9 Å². The average Bonchev–Trinajstić information content (AvgIpc) is 3.59. The lowest BCUT2D eigenvalue weighted by atomic mass is 9.94. The molecular weight excluding hydrogens is 524 g/mol. The normalized spacial score (nSPS) is 16.6. The molecule has 41 heavy (non-hydrogen) atoms. The Kier molecular flexibility index (Phi) is 8.14. The summed E-state index contributed by atoms with van der Waals surface area (Å²) in [7, 11) is 0. The van der Waals surface area contributed by atoms with E-state index in [1.165, 1.54) is 0 Å². The summed E-state index contributed by atoms with van der Waals surface area (Å²) >= 11 is 0. The SMILES string of the molecule is CCCCc1c(Cc2ccc(-c3ccccc3-c3nnn[nH]3)cc2)c(=O)n2n1C(C)CCC2CC(C(=O)O)C(=O)O. The number of benzene rings is 2. The first-order valence-electron chi connectivity index (χ1n) is 14.0. The second-order valence-corrected chi connectivity index (χ2v) is 10.7. The maximum atomic E-state index is 14.0. The number of nitrogens with one attached hydrogen (secondary N) is 1. The van der Waals surface area contributed by atoms with Crippen molar-refractivity contribution in [1.29, 1.82) is 0 Å². The van der Waals surface area contributed by atoms with E-state index >= 15 is 0 Å². The third-order valence-electron chi connectivity index (χ3n) is 8.05. The fourth-order valence-corrected chi connectivity index (χ4v) is 5.93. The van der Waals surface area contributed by atoms with Crippen molar-refractivity contribution in [2.45, 2.75) is 70.9 Å². The first-order valence-corrected chi connectivity index (χ1v) is 14.0. The Bertz CT molecular complexity index is 1570. The second-order valence-electron chi connectivity index (χ2n) is 10.7. The number of aliphatic carboxylic acids is 2. The van der Waals surface area contributed by atoms with Gasteiger partial charge in [0.15, 0.2) is 11.7 Å². The number of H-pyrrole nitrogens is 1. The van der Waals surface area contributed by atoms with E-state index in [1.807, 2.05) is 53.2 Å². The third-order valence-corrected chi connectivity index (χ3v) is 8.05. The van der Waals surface area contributed by atoms with E-state index in [0.717, 1.165) is 53.6 Å². The van der Waals surface area contributed by atoms with Gasteiger partial charge < -0.3 is 10.2 Å². The third kappa shape index (κ3) is 5.57. The Balaban J connectivity index is 1.50. The molecule has 2 aromatic heterocycles. The Morgan fingerprint density at radius 3 is 2.37 bits per heavy atom. The van der Waals surface area contributed by atoms with Crippen molar-refractivity contribution in [3.63, 3.8) is 0 Å². The fraction of sp³-hybridized carbons (Fsp3) is 0.400. The number of carboxylic acids is 2. The van der Waals surface area contributed by atoms with Crippen molar-refractivity contribution in [1.82, 2.24) is 30.0 Å². The summed E-state index contributed by atoms with van der Waals surface area (Å²) in [6, 6.07) is 15.5. The number of carbonyl (C=O) groups is 2. The van der Waals surface area contributed by atoms with E-state index in [-0.39, 0.29) is 18.0 Å². The average molecular weight is 559 g/mol. The van der Waals surface area contributed by atoms with Crippen molar-refractivity contribution in [3.05, 3.63) is 75.7 Å². The summed E-state index contributed by atoms with van der Waals surface area (Å²) in [5.74, 6) is -3.74. The van der Waals surface area contributed by atoms with Gasteiger partial charge in [-0.15, -0.1) is 5.10 Å². The van der Waals surface area contributed by atoms with Gasteiger partial charge in [-0.1, -0.05) is 61.9 Å². The van der Waals surface area contributed by atoms with Gasteiger partial charge in [0, 0.05) is 29.3 Å². The molecule has 3 heterocycles. The number of nitrogens with zero attached hydrogens (tertiary/aromatic N) is 5. The van der Waals surface area contributed by atoms with Gasteiger partial charge >= 0.3 is 11.9 Å². The Hall–Kier alpha value is -4.54. The molecule has 214 valence electrons. The van der Waals surface area contributed by atoms with Crippen LogP contribution in [0.15, 0.2) is 53.3 Å². The largest absolute Gasteiger partial charge is 0.481 e. The van der Waals surface area contributed by atoms with E-state index in [2.05, 4.69) is 34.5 Å². The quantitative estimate of drug-likeness (QED) is 0.227. The topological polar surface area (TPSA) is 156 Å². The number of tetrazole rings is 1. The molecule has 0 saturated heterocycles. The number of hydrogen-bond acceptors (Lipinski definition) is 6. The summed E-state index contributed by atoms with van der Waals surface area (Å²) in [5.41, 5.74) is 5.32. The van der Waals surface area contributed by atoms with E-state index in [0.29, 0.717) is 24.2 Å². The molecule has 1 aliphatic heterocycles. The number of aromatic nitrogens is 6. The zero-order valence-corrected chi connectivity index (χ0v) is 23.2. The van der Waals surface area contributed by atoms with Crippen LogP contribution in [0.5, 0.6) is 0 Å². The number of hydrogen-bond donors (Lipinski definition) is 3. The van der Waals surface area contributed by atoms with Crippen LogP contribution in [0.2, 0.25) is 0 Å². The molecule has 2 atom stereocenters. The zero-order valence-electron chi connectivity index (χ0n) is 23.2. The van der Waals surface area contributed by atoms with Crippen LogP contribution >= 0.6 is 0 Å². The van der Waals surface area contributed by atoms with Crippen LogP contribution < -0.4 is 5.56 Å². The van der Waals surface area contributed by atoms with Crippen molar-refractivity contribution in [2.24, 2.45) is 5.92 Å². The number of rotatable bonds is 11. The van der Waals surface area contributed by atoms with Crippen LogP contribution in [0, 0.1) is 5.92 Å². The molecule has 5 rings (SSSR count). The standard InChI is InChI=1S/C30H34N6O5/c1-3-4-9-26-24(28(37)36-21(15-10-18(2)35(26)36)17-25(29(38)39)30(40)41)16-19-11-13-20(14-12-19)22-7-5-6-8-23(22)27-31-33-34-32-27/h5-8,11-14,18,21,25H,3-4,9-10,15-17H2,1-2H3,(H,38,39)(H,40,41)(H,31,32,33,34). The van der Waals surface area contributed by atoms with Gasteiger partial charge in [0.05, 0.1) is 6.04 Å². The van der Waals surface area contributed by atoms with Crippen LogP contribution in [-0.2, 0) is 22.4 Å². The minimum absolute atomic E-state index is 0.0529. The number of unbranched alkanes of at least 4 members (excludes halogenated alkanes) is 1. The summed E-state index contributed by atoms with van der Waals surface area (Å²) in [4.78, 5) is 37.3. The molecule has 2 unspecified atom stereocenters.